The van der Waals surface area contributed by atoms with Crippen molar-refractivity contribution in [1.82, 2.24) is 19.3 Å². The van der Waals surface area contributed by atoms with E-state index in [0.29, 0.717) is 12.4 Å². The van der Waals surface area contributed by atoms with Crippen LogP contribution in [0.3, 0.4) is 0 Å². The first kappa shape index (κ1) is 16.3. The number of nitrogens with zero attached hydrogens (tertiary/aromatic N) is 5. The van der Waals surface area contributed by atoms with Crippen LogP contribution in [0.15, 0.2) is 35.6 Å². The maximum atomic E-state index is 12.6. The van der Waals surface area contributed by atoms with Crippen molar-refractivity contribution < 1.29 is 9.63 Å². The fourth-order valence-electron chi connectivity index (χ4n) is 3.09. The number of aromatic nitrogens is 4. The molecule has 8 heteroatoms. The highest BCUT2D eigenvalue weighted by Gasteiger charge is 2.31. The monoisotopic (exact) mass is 352 g/mol. The fourth-order valence-corrected chi connectivity index (χ4v) is 3.09. The molecule has 0 fully saturated rings. The third-order valence-electron chi connectivity index (χ3n) is 4.56. The molecule has 1 amide bonds. The molecule has 1 N–H and O–H groups in total. The summed E-state index contributed by atoms with van der Waals surface area (Å²) in [5, 5.41) is 11.4. The van der Waals surface area contributed by atoms with E-state index in [1.54, 1.807) is 0 Å². The number of benzene rings is 1. The highest BCUT2D eigenvalue weighted by atomic mass is 16.6. The zero-order valence-electron chi connectivity index (χ0n) is 14.9. The first-order chi connectivity index (χ1) is 12.6. The molecule has 8 nitrogen and oxygen atoms in total. The van der Waals surface area contributed by atoms with Gasteiger partial charge < -0.3 is 9.40 Å². The van der Waals surface area contributed by atoms with Crippen molar-refractivity contribution >= 4 is 28.6 Å². The SMILES string of the molecule is CCn1cc(C2=NOC(C(=O)Nc3nc4ccccc4n3C)C2)c(C)n1. The molecule has 1 atom stereocenters. The van der Waals surface area contributed by atoms with Gasteiger partial charge in [0.25, 0.3) is 5.91 Å². The molecule has 26 heavy (non-hydrogen) atoms. The van der Waals surface area contributed by atoms with Gasteiger partial charge in [-0.3, -0.25) is 14.8 Å². The Morgan fingerprint density at radius 3 is 2.92 bits per heavy atom. The lowest BCUT2D eigenvalue weighted by molar-refractivity contribution is -0.125. The molecule has 0 aliphatic carbocycles. The third kappa shape index (κ3) is 2.73. The second kappa shape index (κ2) is 6.29. The van der Waals surface area contributed by atoms with Crippen molar-refractivity contribution in [2.75, 3.05) is 5.32 Å². The molecule has 1 aromatic carbocycles. The molecule has 0 radical (unpaired) electrons. The summed E-state index contributed by atoms with van der Waals surface area (Å²) in [4.78, 5) is 22.4. The number of fused-ring (bicyclic) bond motifs is 1. The minimum Gasteiger partial charge on any atom is -0.382 e. The minimum absolute atomic E-state index is 0.261. The van der Waals surface area contributed by atoms with E-state index in [2.05, 4.69) is 20.6 Å². The second-order valence-electron chi connectivity index (χ2n) is 6.29. The van der Waals surface area contributed by atoms with Crippen molar-refractivity contribution in [3.05, 3.63) is 41.7 Å². The number of nitrogens with one attached hydrogen (secondary N) is 1. The smallest absolute Gasteiger partial charge is 0.271 e. The van der Waals surface area contributed by atoms with Gasteiger partial charge in [0.1, 0.15) is 0 Å². The Labute approximate surface area is 150 Å². The Kier molecular flexibility index (Phi) is 3.95. The summed E-state index contributed by atoms with van der Waals surface area (Å²) in [6.45, 7) is 4.73. The molecule has 0 saturated carbocycles. The van der Waals surface area contributed by atoms with E-state index in [0.717, 1.165) is 34.5 Å². The molecule has 134 valence electrons. The van der Waals surface area contributed by atoms with Crippen LogP contribution in [0.2, 0.25) is 0 Å². The van der Waals surface area contributed by atoms with Gasteiger partial charge in [-0.05, 0) is 26.0 Å². The van der Waals surface area contributed by atoms with Crippen LogP contribution in [0.5, 0.6) is 0 Å². The van der Waals surface area contributed by atoms with Gasteiger partial charge in [-0.2, -0.15) is 5.10 Å². The van der Waals surface area contributed by atoms with Crippen LogP contribution in [0.25, 0.3) is 11.0 Å². The standard InChI is InChI=1S/C18H20N6O2/c1-4-24-10-12(11(2)21-24)14-9-16(26-22-14)17(25)20-18-19-13-7-5-6-8-15(13)23(18)3/h5-8,10,16H,4,9H2,1-3H3,(H,19,20,25). The number of rotatable bonds is 4. The first-order valence-corrected chi connectivity index (χ1v) is 8.56. The predicted octanol–water partition coefficient (Wildman–Crippen LogP) is 2.23. The lowest BCUT2D eigenvalue weighted by Crippen LogP contribution is -2.29. The van der Waals surface area contributed by atoms with Gasteiger partial charge in [0.05, 0.1) is 22.4 Å². The number of hydrogen-bond acceptors (Lipinski definition) is 5. The summed E-state index contributed by atoms with van der Waals surface area (Å²) < 4.78 is 3.69. The normalized spacial score (nSPS) is 16.6. The minimum atomic E-state index is -0.672. The summed E-state index contributed by atoms with van der Waals surface area (Å²) in [7, 11) is 1.87. The quantitative estimate of drug-likeness (QED) is 0.780. The van der Waals surface area contributed by atoms with E-state index in [4.69, 9.17) is 4.84 Å². The van der Waals surface area contributed by atoms with Crippen molar-refractivity contribution in [1.29, 1.82) is 0 Å². The number of anilines is 1. The van der Waals surface area contributed by atoms with Crippen molar-refractivity contribution in [3.63, 3.8) is 0 Å². The third-order valence-corrected chi connectivity index (χ3v) is 4.56. The maximum Gasteiger partial charge on any atom is 0.271 e. The number of carbonyl (C=O) groups is 1. The first-order valence-electron chi connectivity index (χ1n) is 8.56. The zero-order chi connectivity index (χ0) is 18.3. The average Bonchev–Trinajstić information content (AvgIpc) is 3.33. The molecular weight excluding hydrogens is 332 g/mol. The van der Waals surface area contributed by atoms with Crippen LogP contribution in [-0.2, 0) is 23.2 Å². The second-order valence-corrected chi connectivity index (χ2v) is 6.29. The number of aryl methyl sites for hydroxylation is 3. The van der Waals surface area contributed by atoms with Crippen LogP contribution >= 0.6 is 0 Å². The number of para-hydroxylation sites is 2. The molecule has 3 heterocycles. The van der Waals surface area contributed by atoms with E-state index in [1.165, 1.54) is 0 Å². The van der Waals surface area contributed by atoms with Crippen LogP contribution in [0.4, 0.5) is 5.95 Å². The molecule has 3 aromatic rings. The largest absolute Gasteiger partial charge is 0.382 e. The Morgan fingerprint density at radius 2 is 2.19 bits per heavy atom. The molecule has 2 aromatic heterocycles. The lowest BCUT2D eigenvalue weighted by Gasteiger charge is -2.09. The maximum absolute atomic E-state index is 12.6. The van der Waals surface area contributed by atoms with E-state index in [9.17, 15) is 4.79 Å². The van der Waals surface area contributed by atoms with E-state index < -0.39 is 6.10 Å². The van der Waals surface area contributed by atoms with E-state index in [-0.39, 0.29) is 5.91 Å². The molecule has 0 bridgehead atoms. The number of amides is 1. The van der Waals surface area contributed by atoms with Crippen LogP contribution in [-0.4, -0.2) is 37.1 Å². The lowest BCUT2D eigenvalue weighted by atomic mass is 10.1. The van der Waals surface area contributed by atoms with E-state index in [1.807, 2.05) is 60.6 Å². The topological polar surface area (TPSA) is 86.3 Å². The van der Waals surface area contributed by atoms with Gasteiger partial charge in [0.15, 0.2) is 0 Å². The van der Waals surface area contributed by atoms with Gasteiger partial charge in [0, 0.05) is 31.8 Å². The van der Waals surface area contributed by atoms with Crippen LogP contribution < -0.4 is 5.32 Å². The number of carbonyl (C=O) groups excluding carboxylic acids is 1. The molecule has 4 rings (SSSR count). The summed E-state index contributed by atoms with van der Waals surface area (Å²) >= 11 is 0. The summed E-state index contributed by atoms with van der Waals surface area (Å²) in [6, 6.07) is 7.72. The summed E-state index contributed by atoms with van der Waals surface area (Å²) in [5.41, 5.74) is 4.33. The molecule has 0 saturated heterocycles. The Hall–Kier alpha value is -3.16. The summed E-state index contributed by atoms with van der Waals surface area (Å²) in [6.07, 6.45) is 1.67. The average molecular weight is 352 g/mol. The van der Waals surface area contributed by atoms with Crippen molar-refractivity contribution in [2.45, 2.75) is 32.9 Å². The number of oxime groups is 1. The highest BCUT2D eigenvalue weighted by Crippen LogP contribution is 2.22. The molecule has 1 aliphatic rings. The molecule has 1 aliphatic heterocycles. The Morgan fingerprint density at radius 1 is 1.38 bits per heavy atom. The molecule has 1 unspecified atom stereocenters. The number of imidazole rings is 1. The van der Waals surface area contributed by atoms with Gasteiger partial charge >= 0.3 is 0 Å². The van der Waals surface area contributed by atoms with Crippen molar-refractivity contribution in [2.24, 2.45) is 12.2 Å². The zero-order valence-corrected chi connectivity index (χ0v) is 14.9. The number of hydrogen-bond donors (Lipinski definition) is 1. The molecule has 0 spiro atoms. The van der Waals surface area contributed by atoms with Gasteiger partial charge in [-0.1, -0.05) is 17.3 Å². The predicted molar refractivity (Wildman–Crippen MR) is 98.0 cm³/mol. The van der Waals surface area contributed by atoms with E-state index >= 15 is 0 Å². The van der Waals surface area contributed by atoms with Gasteiger partial charge in [-0.15, -0.1) is 0 Å². The van der Waals surface area contributed by atoms with Crippen molar-refractivity contribution in [3.8, 4) is 0 Å². The fraction of sp³-hybridized carbons (Fsp3) is 0.333. The van der Waals surface area contributed by atoms with Gasteiger partial charge in [-0.25, -0.2) is 4.98 Å². The van der Waals surface area contributed by atoms with Crippen LogP contribution in [0, 0.1) is 6.92 Å². The van der Waals surface area contributed by atoms with Crippen LogP contribution in [0.1, 0.15) is 24.6 Å². The summed E-state index contributed by atoms with van der Waals surface area (Å²) in [5.74, 6) is 0.228. The van der Waals surface area contributed by atoms with Gasteiger partial charge in [0.2, 0.25) is 12.1 Å². The highest BCUT2D eigenvalue weighted by molar-refractivity contribution is 6.06. The molecular formula is C18H20N6O2. The Balaban J connectivity index is 1.48. The Bertz CT molecular complexity index is 1020.